The SMILES string of the molecule is C[C@@H](NC(=O)c1ccc2c(c1)NC(=O)CCS2)c1ccco1. The van der Waals surface area contributed by atoms with Crippen LogP contribution in [0.5, 0.6) is 0 Å². The summed E-state index contributed by atoms with van der Waals surface area (Å²) in [6, 6.07) is 8.75. The molecular formula is C16H16N2O3S. The van der Waals surface area contributed by atoms with Crippen LogP contribution in [-0.2, 0) is 4.79 Å². The summed E-state index contributed by atoms with van der Waals surface area (Å²) in [5.74, 6) is 1.23. The third-order valence-electron chi connectivity index (χ3n) is 3.42. The molecule has 1 aliphatic rings. The highest BCUT2D eigenvalue weighted by molar-refractivity contribution is 7.99. The van der Waals surface area contributed by atoms with Gasteiger partial charge in [0.25, 0.3) is 5.91 Å². The number of amides is 2. The number of benzene rings is 1. The van der Waals surface area contributed by atoms with E-state index in [0.717, 1.165) is 10.6 Å². The van der Waals surface area contributed by atoms with Gasteiger partial charge < -0.3 is 15.1 Å². The van der Waals surface area contributed by atoms with Gasteiger partial charge in [-0.3, -0.25) is 9.59 Å². The van der Waals surface area contributed by atoms with Crippen molar-refractivity contribution < 1.29 is 14.0 Å². The van der Waals surface area contributed by atoms with Gasteiger partial charge >= 0.3 is 0 Å². The lowest BCUT2D eigenvalue weighted by Crippen LogP contribution is -2.26. The Hall–Kier alpha value is -2.21. The summed E-state index contributed by atoms with van der Waals surface area (Å²) in [5, 5.41) is 5.72. The van der Waals surface area contributed by atoms with Gasteiger partial charge in [-0.15, -0.1) is 11.8 Å². The lowest BCUT2D eigenvalue weighted by molar-refractivity contribution is -0.115. The summed E-state index contributed by atoms with van der Waals surface area (Å²) in [6.07, 6.45) is 2.06. The molecule has 2 aromatic rings. The second-order valence-corrected chi connectivity index (χ2v) is 6.20. The minimum Gasteiger partial charge on any atom is -0.467 e. The highest BCUT2D eigenvalue weighted by atomic mass is 32.2. The van der Waals surface area contributed by atoms with Crippen molar-refractivity contribution in [3.8, 4) is 0 Å². The van der Waals surface area contributed by atoms with Crippen LogP contribution in [0.3, 0.4) is 0 Å². The molecule has 0 radical (unpaired) electrons. The van der Waals surface area contributed by atoms with Crippen molar-refractivity contribution in [2.45, 2.75) is 24.3 Å². The molecule has 2 N–H and O–H groups in total. The van der Waals surface area contributed by atoms with E-state index in [0.29, 0.717) is 23.4 Å². The minimum absolute atomic E-state index is 0.0206. The summed E-state index contributed by atoms with van der Waals surface area (Å²) >= 11 is 1.62. The zero-order chi connectivity index (χ0) is 15.5. The monoisotopic (exact) mass is 316 g/mol. The largest absolute Gasteiger partial charge is 0.467 e. The fourth-order valence-electron chi connectivity index (χ4n) is 2.25. The van der Waals surface area contributed by atoms with Crippen molar-refractivity contribution >= 4 is 29.3 Å². The summed E-state index contributed by atoms with van der Waals surface area (Å²) in [6.45, 7) is 1.86. The number of carbonyl (C=O) groups is 2. The maximum absolute atomic E-state index is 12.3. The predicted molar refractivity (Wildman–Crippen MR) is 85.0 cm³/mol. The number of hydrogen-bond acceptors (Lipinski definition) is 4. The van der Waals surface area contributed by atoms with Crippen molar-refractivity contribution in [1.82, 2.24) is 5.32 Å². The van der Waals surface area contributed by atoms with E-state index in [-0.39, 0.29) is 17.9 Å². The lowest BCUT2D eigenvalue weighted by Gasteiger charge is -2.13. The molecule has 22 heavy (non-hydrogen) atoms. The highest BCUT2D eigenvalue weighted by Gasteiger charge is 2.17. The second-order valence-electron chi connectivity index (χ2n) is 5.07. The molecule has 1 aromatic carbocycles. The molecular weight excluding hydrogens is 300 g/mol. The molecule has 5 nitrogen and oxygen atoms in total. The van der Waals surface area contributed by atoms with Gasteiger partial charge in [-0.05, 0) is 37.3 Å². The van der Waals surface area contributed by atoms with Crippen LogP contribution in [0.2, 0.25) is 0 Å². The fraction of sp³-hybridized carbons (Fsp3) is 0.250. The number of anilines is 1. The van der Waals surface area contributed by atoms with E-state index in [1.165, 1.54) is 0 Å². The van der Waals surface area contributed by atoms with Gasteiger partial charge in [0.05, 0.1) is 18.0 Å². The van der Waals surface area contributed by atoms with Gasteiger partial charge in [0.2, 0.25) is 5.91 Å². The Morgan fingerprint density at radius 3 is 3.05 bits per heavy atom. The van der Waals surface area contributed by atoms with E-state index in [4.69, 9.17) is 4.42 Å². The number of furan rings is 1. The van der Waals surface area contributed by atoms with Crippen LogP contribution in [0.15, 0.2) is 45.9 Å². The minimum atomic E-state index is -0.217. The Kier molecular flexibility index (Phi) is 4.20. The molecule has 3 rings (SSSR count). The zero-order valence-corrected chi connectivity index (χ0v) is 12.9. The first-order valence-corrected chi connectivity index (χ1v) is 8.03. The van der Waals surface area contributed by atoms with E-state index in [1.807, 2.05) is 19.1 Å². The van der Waals surface area contributed by atoms with Gasteiger partial charge in [-0.1, -0.05) is 0 Å². The molecule has 0 spiro atoms. The van der Waals surface area contributed by atoms with Crippen molar-refractivity contribution in [2.24, 2.45) is 0 Å². The van der Waals surface area contributed by atoms with Crippen molar-refractivity contribution in [2.75, 3.05) is 11.1 Å². The van der Waals surface area contributed by atoms with Crippen molar-refractivity contribution in [3.63, 3.8) is 0 Å². The maximum atomic E-state index is 12.3. The van der Waals surface area contributed by atoms with Crippen LogP contribution < -0.4 is 10.6 Å². The average Bonchev–Trinajstić information content (AvgIpc) is 2.96. The Labute approximate surface area is 132 Å². The average molecular weight is 316 g/mol. The standard InChI is InChI=1S/C16H16N2O3S/c1-10(13-3-2-7-21-13)17-16(20)11-4-5-14-12(9-11)18-15(19)6-8-22-14/h2-5,7,9-10H,6,8H2,1H3,(H,17,20)(H,18,19)/t10-/m1/s1. The predicted octanol–water partition coefficient (Wildman–Crippen LogP) is 3.20. The molecule has 1 aliphatic heterocycles. The van der Waals surface area contributed by atoms with Gasteiger partial charge in [0.1, 0.15) is 5.76 Å². The smallest absolute Gasteiger partial charge is 0.251 e. The van der Waals surface area contributed by atoms with Gasteiger partial charge in [0, 0.05) is 22.6 Å². The number of nitrogens with one attached hydrogen (secondary N) is 2. The molecule has 114 valence electrons. The van der Waals surface area contributed by atoms with E-state index in [9.17, 15) is 9.59 Å². The molecule has 0 fully saturated rings. The van der Waals surface area contributed by atoms with Crippen molar-refractivity contribution in [3.05, 3.63) is 47.9 Å². The molecule has 0 saturated carbocycles. The summed E-state index contributed by atoms with van der Waals surface area (Å²) < 4.78 is 5.28. The van der Waals surface area contributed by atoms with Gasteiger partial charge in [0.15, 0.2) is 0 Å². The topological polar surface area (TPSA) is 71.3 Å². The molecule has 0 saturated heterocycles. The van der Waals surface area contributed by atoms with Crippen LogP contribution in [0.4, 0.5) is 5.69 Å². The van der Waals surface area contributed by atoms with E-state index >= 15 is 0 Å². The molecule has 0 unspecified atom stereocenters. The molecule has 1 aromatic heterocycles. The van der Waals surface area contributed by atoms with E-state index in [2.05, 4.69) is 10.6 Å². The Morgan fingerprint density at radius 2 is 2.27 bits per heavy atom. The van der Waals surface area contributed by atoms with Gasteiger partial charge in [-0.2, -0.15) is 0 Å². The number of carbonyl (C=O) groups excluding carboxylic acids is 2. The molecule has 2 heterocycles. The number of fused-ring (bicyclic) bond motifs is 1. The lowest BCUT2D eigenvalue weighted by atomic mass is 10.1. The van der Waals surface area contributed by atoms with Crippen LogP contribution in [0.25, 0.3) is 0 Å². The first-order chi connectivity index (χ1) is 10.6. The Balaban J connectivity index is 1.77. The quantitative estimate of drug-likeness (QED) is 0.912. The third-order valence-corrected chi connectivity index (χ3v) is 4.50. The molecule has 2 amide bonds. The first kappa shape index (κ1) is 14.7. The molecule has 0 aliphatic carbocycles. The Bertz CT molecular complexity index is 697. The van der Waals surface area contributed by atoms with Crippen LogP contribution in [-0.4, -0.2) is 17.6 Å². The number of rotatable bonds is 3. The van der Waals surface area contributed by atoms with Gasteiger partial charge in [-0.25, -0.2) is 0 Å². The van der Waals surface area contributed by atoms with Crippen LogP contribution in [0.1, 0.15) is 35.5 Å². The number of thioether (sulfide) groups is 1. The highest BCUT2D eigenvalue weighted by Crippen LogP contribution is 2.31. The molecule has 6 heteroatoms. The zero-order valence-electron chi connectivity index (χ0n) is 12.1. The van der Waals surface area contributed by atoms with Crippen molar-refractivity contribution in [1.29, 1.82) is 0 Å². The van der Waals surface area contributed by atoms with Crippen LogP contribution >= 0.6 is 11.8 Å². The first-order valence-electron chi connectivity index (χ1n) is 7.04. The third kappa shape index (κ3) is 3.17. The van der Waals surface area contributed by atoms with Crippen LogP contribution in [0, 0.1) is 0 Å². The fourth-order valence-corrected chi connectivity index (χ4v) is 3.19. The second kappa shape index (κ2) is 6.27. The van der Waals surface area contributed by atoms with E-state index < -0.39 is 0 Å². The summed E-state index contributed by atoms with van der Waals surface area (Å²) in [5.41, 5.74) is 1.21. The molecule has 1 atom stereocenters. The number of hydrogen-bond donors (Lipinski definition) is 2. The molecule has 0 bridgehead atoms. The normalized spacial score (nSPS) is 15.4. The summed E-state index contributed by atoms with van der Waals surface area (Å²) in [7, 11) is 0. The summed E-state index contributed by atoms with van der Waals surface area (Å²) in [4.78, 5) is 24.9. The maximum Gasteiger partial charge on any atom is 0.251 e. The van der Waals surface area contributed by atoms with E-state index in [1.54, 1.807) is 36.2 Å². The Morgan fingerprint density at radius 1 is 1.41 bits per heavy atom.